The maximum Gasteiger partial charge on any atom is 0.129 e. The summed E-state index contributed by atoms with van der Waals surface area (Å²) >= 11 is -1.42. The van der Waals surface area contributed by atoms with E-state index in [2.05, 4.69) is 24.3 Å². The van der Waals surface area contributed by atoms with E-state index in [4.69, 9.17) is 8.42 Å². The summed E-state index contributed by atoms with van der Waals surface area (Å²) in [5.41, 5.74) is 2.97. The quantitative estimate of drug-likeness (QED) is 0.552. The second kappa shape index (κ2) is 3.37. The van der Waals surface area contributed by atoms with Gasteiger partial charge in [-0.3, -0.25) is 0 Å². The van der Waals surface area contributed by atoms with Crippen LogP contribution in [-0.2, 0) is 18.0 Å². The van der Waals surface area contributed by atoms with Crippen LogP contribution in [0.4, 0.5) is 0 Å². The van der Waals surface area contributed by atoms with E-state index < -0.39 is 11.6 Å². The molecule has 1 aromatic rings. The summed E-state index contributed by atoms with van der Waals surface area (Å²) in [6.07, 6.45) is 1.22. The molecule has 0 atom stereocenters. The largest absolute Gasteiger partial charge is 0.235 e. The van der Waals surface area contributed by atoms with Gasteiger partial charge in [-0.15, -0.1) is 0 Å². The van der Waals surface area contributed by atoms with Gasteiger partial charge in [0.05, 0.1) is 0 Å². The van der Waals surface area contributed by atoms with Crippen LogP contribution in [0, 0.1) is 0 Å². The minimum absolute atomic E-state index is 1.22. The molecule has 0 aliphatic heterocycles. The third-order valence-electron chi connectivity index (χ3n) is 1.40. The molecule has 0 unspecified atom stereocenters. The summed E-state index contributed by atoms with van der Waals surface area (Å²) < 4.78 is 16.8. The molecule has 0 radical (unpaired) electrons. The minimum atomic E-state index is -1.42. The van der Waals surface area contributed by atoms with Gasteiger partial charge in [-0.05, 0) is 17.5 Å². The van der Waals surface area contributed by atoms with Crippen molar-refractivity contribution in [3.63, 3.8) is 0 Å². The van der Waals surface area contributed by atoms with E-state index in [-0.39, 0.29) is 0 Å². The number of benzene rings is 1. The Morgan fingerprint density at radius 3 is 1.70 bits per heavy atom. The molecule has 2 aliphatic carbocycles. The van der Waals surface area contributed by atoms with Crippen molar-refractivity contribution in [1.82, 2.24) is 0 Å². The van der Waals surface area contributed by atoms with Gasteiger partial charge in [0.2, 0.25) is 0 Å². The zero-order valence-electron chi connectivity index (χ0n) is 5.33. The maximum atomic E-state index is 8.40. The van der Waals surface area contributed by atoms with E-state index in [0.29, 0.717) is 0 Å². The van der Waals surface area contributed by atoms with Crippen LogP contribution in [0.5, 0.6) is 0 Å². The third-order valence-corrected chi connectivity index (χ3v) is 1.40. The summed E-state index contributed by atoms with van der Waals surface area (Å²) in [5.74, 6) is 0. The van der Waals surface area contributed by atoms with E-state index in [1.54, 1.807) is 0 Å². The van der Waals surface area contributed by atoms with Crippen molar-refractivity contribution in [3.8, 4) is 0 Å². The molecule has 0 heterocycles. The highest BCUT2D eigenvalue weighted by molar-refractivity contribution is 7.51. The van der Waals surface area contributed by atoms with Gasteiger partial charge in [0.25, 0.3) is 0 Å². The molecule has 2 bridgehead atoms. The Balaban J connectivity index is 0.000000148. The maximum absolute atomic E-state index is 8.40. The highest BCUT2D eigenvalue weighted by Gasteiger charge is 2.04. The molecule has 0 spiro atoms. The normalized spacial score (nSPS) is 10.8. The fourth-order valence-corrected chi connectivity index (χ4v) is 0.954. The molecule has 1 aromatic carbocycles. The van der Waals surface area contributed by atoms with Crippen LogP contribution in [-0.4, -0.2) is 8.42 Å². The Morgan fingerprint density at radius 2 is 1.60 bits per heavy atom. The predicted molar refractivity (Wildman–Crippen MR) is 41.0 cm³/mol. The molecule has 0 saturated heterocycles. The predicted octanol–water partition coefficient (Wildman–Crippen LogP) is 0.385. The van der Waals surface area contributed by atoms with E-state index in [1.807, 2.05) is 0 Å². The monoisotopic (exact) mass is 156 g/mol. The lowest BCUT2D eigenvalue weighted by Gasteiger charge is -2.11. The minimum Gasteiger partial charge on any atom is -0.235 e. The Kier molecular flexibility index (Phi) is 2.45. The second-order valence-corrected chi connectivity index (χ2v) is 2.25. The lowest BCUT2D eigenvalue weighted by atomic mass is 9.94. The highest BCUT2D eigenvalue weighted by Crippen LogP contribution is 2.18. The molecule has 3 heteroatoms. The van der Waals surface area contributed by atoms with E-state index in [0.717, 1.165) is 0 Å². The Hall–Kier alpha value is -0.830. The molecule has 2 nitrogen and oxygen atoms in total. The standard InChI is InChI=1S/C7H6.H2O2S/c1-2-6-4-7(3-1)5-6;1-3-2/h1-4H,5H2;3H2. The van der Waals surface area contributed by atoms with Crippen LogP contribution in [0.1, 0.15) is 11.1 Å². The summed E-state index contributed by atoms with van der Waals surface area (Å²) in [7, 11) is 0. The van der Waals surface area contributed by atoms with Crippen molar-refractivity contribution in [2.75, 3.05) is 0 Å². The van der Waals surface area contributed by atoms with Gasteiger partial charge in [-0.25, -0.2) is 8.42 Å². The van der Waals surface area contributed by atoms with Gasteiger partial charge >= 0.3 is 0 Å². The summed E-state index contributed by atoms with van der Waals surface area (Å²) in [6, 6.07) is 8.65. The Morgan fingerprint density at radius 1 is 1.20 bits per heavy atom. The number of hydrogen-bond donors (Lipinski definition) is 0. The molecule has 0 fully saturated rings. The van der Waals surface area contributed by atoms with Crippen molar-refractivity contribution in [3.05, 3.63) is 35.4 Å². The molecule has 54 valence electrons. The Bertz CT molecular complexity index is 239. The first kappa shape index (κ1) is 7.28. The lowest BCUT2D eigenvalue weighted by Crippen LogP contribution is -1.97. The fraction of sp³-hybridized carbons (Fsp3) is 0.143. The van der Waals surface area contributed by atoms with Crippen LogP contribution in [0.25, 0.3) is 0 Å². The topological polar surface area (TPSA) is 34.1 Å². The number of fused-ring (bicyclic) bond motifs is 2. The summed E-state index contributed by atoms with van der Waals surface area (Å²) in [4.78, 5) is 0. The number of hydrogen-bond acceptors (Lipinski definition) is 2. The van der Waals surface area contributed by atoms with Crippen molar-refractivity contribution in [2.24, 2.45) is 0 Å². The van der Waals surface area contributed by atoms with Crippen molar-refractivity contribution in [2.45, 2.75) is 6.42 Å². The molecular formula is C7H8O2S. The summed E-state index contributed by atoms with van der Waals surface area (Å²) in [5, 5.41) is 0. The van der Waals surface area contributed by atoms with Crippen molar-refractivity contribution >= 4 is 11.6 Å². The smallest absolute Gasteiger partial charge is 0.129 e. The second-order valence-electron chi connectivity index (χ2n) is 2.08. The first-order valence-electron chi connectivity index (χ1n) is 2.94. The van der Waals surface area contributed by atoms with Crippen molar-refractivity contribution in [1.29, 1.82) is 0 Å². The number of rotatable bonds is 0. The van der Waals surface area contributed by atoms with Crippen molar-refractivity contribution < 1.29 is 8.42 Å². The molecule has 0 amide bonds. The van der Waals surface area contributed by atoms with Gasteiger partial charge in [-0.2, -0.15) is 0 Å². The molecule has 0 saturated carbocycles. The fourth-order valence-electron chi connectivity index (χ4n) is 0.954. The average molecular weight is 156 g/mol. The van der Waals surface area contributed by atoms with Gasteiger partial charge in [-0.1, -0.05) is 24.3 Å². The van der Waals surface area contributed by atoms with E-state index in [1.165, 1.54) is 17.5 Å². The van der Waals surface area contributed by atoms with Gasteiger partial charge in [0.1, 0.15) is 11.6 Å². The molecule has 2 aliphatic rings. The lowest BCUT2D eigenvalue weighted by molar-refractivity contribution is 0.630. The Labute approximate surface area is 62.5 Å². The van der Waals surface area contributed by atoms with E-state index in [9.17, 15) is 0 Å². The van der Waals surface area contributed by atoms with Crippen LogP contribution >= 0.6 is 0 Å². The zero-order chi connectivity index (χ0) is 7.40. The SMILES string of the molecule is O=[SH2]=O.c1cc2cc(c1)C2. The first-order chi connectivity index (χ1) is 4.86. The third kappa shape index (κ3) is 1.57. The molecule has 10 heavy (non-hydrogen) atoms. The molecule has 0 N–H and O–H groups in total. The molecule has 3 rings (SSSR count). The first-order valence-corrected chi connectivity index (χ1v) is 3.75. The van der Waals surface area contributed by atoms with Crippen LogP contribution < -0.4 is 0 Å². The van der Waals surface area contributed by atoms with Crippen LogP contribution in [0.15, 0.2) is 24.3 Å². The molecular weight excluding hydrogens is 148 g/mol. The van der Waals surface area contributed by atoms with Gasteiger partial charge in [0.15, 0.2) is 0 Å². The average Bonchev–Trinajstić information content (AvgIpc) is 1.90. The van der Waals surface area contributed by atoms with Crippen LogP contribution in [0.2, 0.25) is 0 Å². The van der Waals surface area contributed by atoms with Gasteiger partial charge < -0.3 is 0 Å². The van der Waals surface area contributed by atoms with Crippen LogP contribution in [0.3, 0.4) is 0 Å². The zero-order valence-corrected chi connectivity index (χ0v) is 6.33. The highest BCUT2D eigenvalue weighted by atomic mass is 32.1. The molecule has 0 aromatic heterocycles. The van der Waals surface area contributed by atoms with Gasteiger partial charge in [0, 0.05) is 0 Å². The van der Waals surface area contributed by atoms with E-state index >= 15 is 0 Å². The summed E-state index contributed by atoms with van der Waals surface area (Å²) in [6.45, 7) is 0.